The van der Waals surface area contributed by atoms with E-state index in [-0.39, 0.29) is 11.1 Å². The molecule has 0 spiro atoms. The van der Waals surface area contributed by atoms with Crippen LogP contribution in [0.3, 0.4) is 0 Å². The summed E-state index contributed by atoms with van der Waals surface area (Å²) in [5, 5.41) is 26.8. The Bertz CT molecular complexity index is 608. The third-order valence-corrected chi connectivity index (χ3v) is 3.15. The first-order valence-corrected chi connectivity index (χ1v) is 7.20. The largest absolute Gasteiger partial charge is 0.369 e. The third kappa shape index (κ3) is 4.40. The maximum atomic E-state index is 9.10. The van der Waals surface area contributed by atoms with Gasteiger partial charge in [0, 0.05) is 30.5 Å². The average Bonchev–Trinajstić information content (AvgIpc) is 2.52. The molecule has 0 aliphatic heterocycles. The Morgan fingerprint density at radius 3 is 1.81 bits per heavy atom. The molecule has 0 aromatic heterocycles. The standard InChI is InChI=1S/C15H12Cl2N4/c16-5-7-21(8-6-17)14-3-1-12(2-4-14)15(11-20)13(9-18)10-19/h1-4H,5-8H2. The van der Waals surface area contributed by atoms with Crippen LogP contribution in [-0.2, 0) is 0 Å². The first kappa shape index (κ1) is 16.9. The molecule has 1 rings (SSSR count). The third-order valence-electron chi connectivity index (χ3n) is 2.82. The van der Waals surface area contributed by atoms with Crippen molar-refractivity contribution in [1.82, 2.24) is 0 Å². The molecule has 1 aromatic carbocycles. The van der Waals surface area contributed by atoms with Crippen molar-refractivity contribution < 1.29 is 0 Å². The zero-order chi connectivity index (χ0) is 15.7. The van der Waals surface area contributed by atoms with Gasteiger partial charge in [0.25, 0.3) is 0 Å². The van der Waals surface area contributed by atoms with E-state index in [4.69, 9.17) is 39.0 Å². The van der Waals surface area contributed by atoms with Crippen molar-refractivity contribution in [2.24, 2.45) is 0 Å². The minimum atomic E-state index is -0.191. The maximum Gasteiger partial charge on any atom is 0.148 e. The Morgan fingerprint density at radius 1 is 0.905 bits per heavy atom. The van der Waals surface area contributed by atoms with Crippen LogP contribution in [-0.4, -0.2) is 24.8 Å². The zero-order valence-corrected chi connectivity index (χ0v) is 12.7. The molecule has 0 unspecified atom stereocenters. The number of halogens is 2. The molecule has 0 aliphatic carbocycles. The van der Waals surface area contributed by atoms with Gasteiger partial charge < -0.3 is 4.90 Å². The second-order valence-electron chi connectivity index (χ2n) is 4.00. The van der Waals surface area contributed by atoms with Gasteiger partial charge >= 0.3 is 0 Å². The first-order valence-electron chi connectivity index (χ1n) is 6.13. The summed E-state index contributed by atoms with van der Waals surface area (Å²) in [6.07, 6.45) is 0. The van der Waals surface area contributed by atoms with E-state index in [0.29, 0.717) is 30.4 Å². The first-order chi connectivity index (χ1) is 10.2. The highest BCUT2D eigenvalue weighted by Gasteiger charge is 2.10. The van der Waals surface area contributed by atoms with Crippen molar-refractivity contribution in [2.45, 2.75) is 0 Å². The SMILES string of the molecule is N#CC(C#N)=C(C#N)c1ccc(N(CCCl)CCCl)cc1. The summed E-state index contributed by atoms with van der Waals surface area (Å²) in [5.74, 6) is 0.962. The van der Waals surface area contributed by atoms with Crippen LogP contribution in [0.15, 0.2) is 29.8 Å². The lowest BCUT2D eigenvalue weighted by Crippen LogP contribution is -2.27. The molecule has 21 heavy (non-hydrogen) atoms. The normalized spacial score (nSPS) is 9.10. The van der Waals surface area contributed by atoms with E-state index >= 15 is 0 Å². The van der Waals surface area contributed by atoms with Gasteiger partial charge in [-0.1, -0.05) is 12.1 Å². The van der Waals surface area contributed by atoms with Gasteiger partial charge in [-0.15, -0.1) is 23.2 Å². The Morgan fingerprint density at radius 2 is 1.43 bits per heavy atom. The van der Waals surface area contributed by atoms with Crippen LogP contribution in [0.25, 0.3) is 5.57 Å². The molecular formula is C15H12Cl2N4. The van der Waals surface area contributed by atoms with Gasteiger partial charge in [0.15, 0.2) is 0 Å². The molecule has 0 aliphatic rings. The van der Waals surface area contributed by atoms with Crippen molar-refractivity contribution in [2.75, 3.05) is 29.7 Å². The van der Waals surface area contributed by atoms with Crippen LogP contribution in [0.5, 0.6) is 0 Å². The number of nitriles is 3. The monoisotopic (exact) mass is 318 g/mol. The molecular weight excluding hydrogens is 307 g/mol. The summed E-state index contributed by atoms with van der Waals surface area (Å²) in [7, 11) is 0. The van der Waals surface area contributed by atoms with E-state index < -0.39 is 0 Å². The summed E-state index contributed by atoms with van der Waals surface area (Å²) in [6.45, 7) is 1.33. The summed E-state index contributed by atoms with van der Waals surface area (Å²) in [6, 6.07) is 12.4. The van der Waals surface area contributed by atoms with E-state index in [1.807, 2.05) is 23.1 Å². The molecule has 0 saturated carbocycles. The van der Waals surface area contributed by atoms with Crippen LogP contribution >= 0.6 is 23.2 Å². The van der Waals surface area contributed by atoms with E-state index in [2.05, 4.69) is 0 Å². The van der Waals surface area contributed by atoms with Crippen LogP contribution in [0.4, 0.5) is 5.69 Å². The van der Waals surface area contributed by atoms with Crippen LogP contribution in [0, 0.1) is 34.0 Å². The number of nitrogens with zero attached hydrogens (tertiary/aromatic N) is 4. The number of allylic oxidation sites excluding steroid dienone is 2. The fourth-order valence-corrected chi connectivity index (χ4v) is 2.22. The van der Waals surface area contributed by atoms with Gasteiger partial charge in [-0.3, -0.25) is 0 Å². The molecule has 106 valence electrons. The Hall–Kier alpha value is -2.19. The van der Waals surface area contributed by atoms with Crippen molar-refractivity contribution in [3.63, 3.8) is 0 Å². The van der Waals surface area contributed by atoms with Gasteiger partial charge in [0.2, 0.25) is 0 Å². The molecule has 0 radical (unpaired) electrons. The molecule has 0 N–H and O–H groups in total. The molecule has 0 atom stereocenters. The topological polar surface area (TPSA) is 74.6 Å². The summed E-state index contributed by atoms with van der Waals surface area (Å²) in [5.41, 5.74) is 1.35. The molecule has 0 bridgehead atoms. The fourth-order valence-electron chi connectivity index (χ4n) is 1.81. The molecule has 0 fully saturated rings. The molecule has 0 amide bonds. The van der Waals surface area contributed by atoms with Crippen molar-refractivity contribution >= 4 is 34.5 Å². The number of hydrogen-bond acceptors (Lipinski definition) is 4. The molecule has 6 heteroatoms. The highest BCUT2D eigenvalue weighted by Crippen LogP contribution is 2.22. The number of anilines is 1. The lowest BCUT2D eigenvalue weighted by atomic mass is 10.0. The van der Waals surface area contributed by atoms with E-state index in [0.717, 1.165) is 5.69 Å². The number of alkyl halides is 2. The Kier molecular flexibility index (Phi) is 7.13. The minimum Gasteiger partial charge on any atom is -0.369 e. The predicted molar refractivity (Wildman–Crippen MR) is 83.9 cm³/mol. The van der Waals surface area contributed by atoms with E-state index in [1.165, 1.54) is 0 Å². The van der Waals surface area contributed by atoms with E-state index in [1.54, 1.807) is 24.3 Å². The van der Waals surface area contributed by atoms with Crippen molar-refractivity contribution in [1.29, 1.82) is 15.8 Å². The zero-order valence-electron chi connectivity index (χ0n) is 11.2. The number of hydrogen-bond donors (Lipinski definition) is 0. The van der Waals surface area contributed by atoms with Gasteiger partial charge in [0.1, 0.15) is 23.8 Å². The van der Waals surface area contributed by atoms with Crippen LogP contribution < -0.4 is 4.90 Å². The second kappa shape index (κ2) is 8.88. The quantitative estimate of drug-likeness (QED) is 0.595. The minimum absolute atomic E-state index is 0.0767. The summed E-state index contributed by atoms with van der Waals surface area (Å²) >= 11 is 11.5. The van der Waals surface area contributed by atoms with E-state index in [9.17, 15) is 0 Å². The van der Waals surface area contributed by atoms with Crippen LogP contribution in [0.2, 0.25) is 0 Å². The number of benzene rings is 1. The van der Waals surface area contributed by atoms with Crippen molar-refractivity contribution in [3.8, 4) is 18.2 Å². The highest BCUT2D eigenvalue weighted by molar-refractivity contribution is 6.18. The van der Waals surface area contributed by atoms with Crippen LogP contribution in [0.1, 0.15) is 5.56 Å². The summed E-state index contributed by atoms with van der Waals surface area (Å²) in [4.78, 5) is 2.02. The number of rotatable bonds is 6. The lowest BCUT2D eigenvalue weighted by Gasteiger charge is -2.23. The highest BCUT2D eigenvalue weighted by atomic mass is 35.5. The van der Waals surface area contributed by atoms with Crippen molar-refractivity contribution in [3.05, 3.63) is 35.4 Å². The van der Waals surface area contributed by atoms with Gasteiger partial charge in [-0.2, -0.15) is 15.8 Å². The van der Waals surface area contributed by atoms with Gasteiger partial charge in [0.05, 0.1) is 5.57 Å². The second-order valence-corrected chi connectivity index (χ2v) is 4.75. The maximum absolute atomic E-state index is 9.10. The molecule has 0 saturated heterocycles. The smallest absolute Gasteiger partial charge is 0.148 e. The summed E-state index contributed by atoms with van der Waals surface area (Å²) < 4.78 is 0. The molecule has 1 aromatic rings. The predicted octanol–water partition coefficient (Wildman–Crippen LogP) is 3.29. The molecule has 0 heterocycles. The fraction of sp³-hybridized carbons (Fsp3) is 0.267. The Balaban J connectivity index is 3.13. The Labute approximate surface area is 134 Å². The van der Waals surface area contributed by atoms with Gasteiger partial charge in [-0.05, 0) is 17.7 Å². The lowest BCUT2D eigenvalue weighted by molar-refractivity contribution is 0.874. The molecule has 4 nitrogen and oxygen atoms in total. The average molecular weight is 319 g/mol. The van der Waals surface area contributed by atoms with Gasteiger partial charge in [-0.25, -0.2) is 0 Å².